The number of anilines is 1. The van der Waals surface area contributed by atoms with E-state index in [0.29, 0.717) is 6.04 Å². The van der Waals surface area contributed by atoms with Crippen LogP contribution >= 0.6 is 0 Å². The van der Waals surface area contributed by atoms with Gasteiger partial charge in [-0.15, -0.1) is 0 Å². The number of nitrogens with one attached hydrogen (secondary N) is 1. The van der Waals surface area contributed by atoms with Crippen molar-refractivity contribution in [2.45, 2.75) is 33.2 Å². The van der Waals surface area contributed by atoms with Gasteiger partial charge in [0.2, 0.25) is 0 Å². The van der Waals surface area contributed by atoms with Crippen molar-refractivity contribution in [1.82, 2.24) is 0 Å². The molecule has 0 aliphatic carbocycles. The number of benzene rings is 1. The Morgan fingerprint density at radius 1 is 1.50 bits per heavy atom. The Hall–Kier alpha value is -1.31. The normalized spacial score (nSPS) is 12.2. The standard InChI is InChI=1S/C12H17NO/c1-4-9(2)13-12-7-5-6-11(8-12)10(3)14/h5-9,13H,4H2,1-3H3. The molecule has 0 amide bonds. The van der Waals surface area contributed by atoms with E-state index in [1.807, 2.05) is 24.3 Å². The molecule has 0 spiro atoms. The summed E-state index contributed by atoms with van der Waals surface area (Å²) in [7, 11) is 0. The zero-order valence-corrected chi connectivity index (χ0v) is 9.00. The Labute approximate surface area is 85.3 Å². The van der Waals surface area contributed by atoms with E-state index in [9.17, 15) is 4.79 Å². The van der Waals surface area contributed by atoms with Crippen molar-refractivity contribution >= 4 is 11.5 Å². The molecule has 0 saturated heterocycles. The van der Waals surface area contributed by atoms with E-state index in [-0.39, 0.29) is 5.78 Å². The van der Waals surface area contributed by atoms with Gasteiger partial charge in [0.05, 0.1) is 0 Å². The molecule has 76 valence electrons. The third kappa shape index (κ3) is 2.87. The van der Waals surface area contributed by atoms with Crippen LogP contribution in [0.1, 0.15) is 37.6 Å². The lowest BCUT2D eigenvalue weighted by Crippen LogP contribution is -2.13. The van der Waals surface area contributed by atoms with Gasteiger partial charge in [0.1, 0.15) is 0 Å². The molecular weight excluding hydrogens is 174 g/mol. The highest BCUT2D eigenvalue weighted by Crippen LogP contribution is 2.12. The van der Waals surface area contributed by atoms with Crippen molar-refractivity contribution in [2.75, 3.05) is 5.32 Å². The molecule has 1 aromatic carbocycles. The van der Waals surface area contributed by atoms with Crippen LogP contribution in [0, 0.1) is 0 Å². The van der Waals surface area contributed by atoms with Crippen LogP contribution in [0.4, 0.5) is 5.69 Å². The number of Topliss-reactive ketones (excluding diaryl/α,β-unsaturated/α-hetero) is 1. The van der Waals surface area contributed by atoms with Crippen LogP contribution in [-0.2, 0) is 0 Å². The van der Waals surface area contributed by atoms with Gasteiger partial charge in [-0.05, 0) is 32.4 Å². The Morgan fingerprint density at radius 3 is 2.79 bits per heavy atom. The quantitative estimate of drug-likeness (QED) is 0.741. The molecule has 14 heavy (non-hydrogen) atoms. The summed E-state index contributed by atoms with van der Waals surface area (Å²) < 4.78 is 0. The van der Waals surface area contributed by atoms with Crippen LogP contribution in [-0.4, -0.2) is 11.8 Å². The van der Waals surface area contributed by atoms with Gasteiger partial charge in [-0.1, -0.05) is 19.1 Å². The SMILES string of the molecule is CCC(C)Nc1cccc(C(C)=O)c1. The second-order valence-corrected chi connectivity index (χ2v) is 3.59. The van der Waals surface area contributed by atoms with E-state index in [0.717, 1.165) is 17.7 Å². The first-order valence-corrected chi connectivity index (χ1v) is 5.01. The highest BCUT2D eigenvalue weighted by atomic mass is 16.1. The molecular formula is C12H17NO. The number of carbonyl (C=O) groups is 1. The first kappa shape index (κ1) is 10.8. The monoisotopic (exact) mass is 191 g/mol. The first-order valence-electron chi connectivity index (χ1n) is 5.01. The van der Waals surface area contributed by atoms with Crippen molar-refractivity contribution in [3.63, 3.8) is 0 Å². The molecule has 2 heteroatoms. The van der Waals surface area contributed by atoms with Gasteiger partial charge >= 0.3 is 0 Å². The second kappa shape index (κ2) is 4.80. The zero-order chi connectivity index (χ0) is 10.6. The van der Waals surface area contributed by atoms with E-state index in [1.54, 1.807) is 6.92 Å². The summed E-state index contributed by atoms with van der Waals surface area (Å²) in [5.74, 6) is 0.109. The average Bonchev–Trinajstić information content (AvgIpc) is 2.18. The largest absolute Gasteiger partial charge is 0.383 e. The lowest BCUT2D eigenvalue weighted by Gasteiger charge is -2.13. The van der Waals surface area contributed by atoms with E-state index in [1.165, 1.54) is 0 Å². The highest BCUT2D eigenvalue weighted by molar-refractivity contribution is 5.94. The molecule has 0 heterocycles. The summed E-state index contributed by atoms with van der Waals surface area (Å²) in [6.45, 7) is 5.84. The third-order valence-corrected chi connectivity index (χ3v) is 2.29. The van der Waals surface area contributed by atoms with E-state index < -0.39 is 0 Å². The van der Waals surface area contributed by atoms with Crippen LogP contribution in [0.15, 0.2) is 24.3 Å². The summed E-state index contributed by atoms with van der Waals surface area (Å²) in [6.07, 6.45) is 1.07. The zero-order valence-electron chi connectivity index (χ0n) is 9.00. The highest BCUT2D eigenvalue weighted by Gasteiger charge is 2.02. The number of rotatable bonds is 4. The van der Waals surface area contributed by atoms with Gasteiger partial charge in [-0.2, -0.15) is 0 Å². The fraction of sp³-hybridized carbons (Fsp3) is 0.417. The summed E-state index contributed by atoms with van der Waals surface area (Å²) >= 11 is 0. The smallest absolute Gasteiger partial charge is 0.159 e. The number of ketones is 1. The van der Waals surface area contributed by atoms with Crippen molar-refractivity contribution in [3.05, 3.63) is 29.8 Å². The minimum Gasteiger partial charge on any atom is -0.383 e. The third-order valence-electron chi connectivity index (χ3n) is 2.29. The molecule has 1 rings (SSSR count). The van der Waals surface area contributed by atoms with Gasteiger partial charge in [-0.3, -0.25) is 4.79 Å². The van der Waals surface area contributed by atoms with Crippen molar-refractivity contribution in [2.24, 2.45) is 0 Å². The fourth-order valence-corrected chi connectivity index (χ4v) is 1.21. The van der Waals surface area contributed by atoms with Crippen molar-refractivity contribution in [3.8, 4) is 0 Å². The molecule has 1 atom stereocenters. The maximum Gasteiger partial charge on any atom is 0.159 e. The summed E-state index contributed by atoms with van der Waals surface area (Å²) in [5, 5.41) is 3.33. The molecule has 1 unspecified atom stereocenters. The van der Waals surface area contributed by atoms with Crippen LogP contribution in [0.5, 0.6) is 0 Å². The molecule has 0 fully saturated rings. The molecule has 0 aliphatic rings. The minimum absolute atomic E-state index is 0.109. The Kier molecular flexibility index (Phi) is 3.69. The fourth-order valence-electron chi connectivity index (χ4n) is 1.21. The molecule has 0 bridgehead atoms. The average molecular weight is 191 g/mol. The minimum atomic E-state index is 0.109. The Balaban J connectivity index is 2.78. The molecule has 0 radical (unpaired) electrons. The lowest BCUT2D eigenvalue weighted by atomic mass is 10.1. The topological polar surface area (TPSA) is 29.1 Å². The van der Waals surface area contributed by atoms with Crippen LogP contribution in [0.3, 0.4) is 0 Å². The van der Waals surface area contributed by atoms with Crippen molar-refractivity contribution < 1.29 is 4.79 Å². The molecule has 0 saturated carbocycles. The van der Waals surface area contributed by atoms with Gasteiger partial charge < -0.3 is 5.32 Å². The Bertz CT molecular complexity index is 320. The summed E-state index contributed by atoms with van der Waals surface area (Å²) in [6, 6.07) is 8.07. The number of hydrogen-bond donors (Lipinski definition) is 1. The van der Waals surface area contributed by atoms with E-state index >= 15 is 0 Å². The molecule has 1 aromatic rings. The van der Waals surface area contributed by atoms with E-state index in [4.69, 9.17) is 0 Å². The maximum absolute atomic E-state index is 11.1. The van der Waals surface area contributed by atoms with Gasteiger partial charge in [-0.25, -0.2) is 0 Å². The van der Waals surface area contributed by atoms with Gasteiger partial charge in [0.15, 0.2) is 5.78 Å². The predicted molar refractivity (Wildman–Crippen MR) is 59.8 cm³/mol. The first-order chi connectivity index (χ1) is 6.63. The predicted octanol–water partition coefficient (Wildman–Crippen LogP) is 3.10. The second-order valence-electron chi connectivity index (χ2n) is 3.59. The lowest BCUT2D eigenvalue weighted by molar-refractivity contribution is 0.101. The number of carbonyl (C=O) groups excluding carboxylic acids is 1. The van der Waals surface area contributed by atoms with Crippen LogP contribution in [0.2, 0.25) is 0 Å². The molecule has 1 N–H and O–H groups in total. The molecule has 2 nitrogen and oxygen atoms in total. The molecule has 0 aromatic heterocycles. The maximum atomic E-state index is 11.1. The number of hydrogen-bond acceptors (Lipinski definition) is 2. The summed E-state index contributed by atoms with van der Waals surface area (Å²) in [4.78, 5) is 11.1. The Morgan fingerprint density at radius 2 is 2.21 bits per heavy atom. The van der Waals surface area contributed by atoms with Gasteiger partial charge in [0, 0.05) is 17.3 Å². The summed E-state index contributed by atoms with van der Waals surface area (Å²) in [5.41, 5.74) is 1.78. The van der Waals surface area contributed by atoms with Crippen LogP contribution in [0.25, 0.3) is 0 Å². The van der Waals surface area contributed by atoms with Crippen LogP contribution < -0.4 is 5.32 Å². The van der Waals surface area contributed by atoms with Gasteiger partial charge in [0.25, 0.3) is 0 Å². The van der Waals surface area contributed by atoms with Crippen molar-refractivity contribution in [1.29, 1.82) is 0 Å². The van der Waals surface area contributed by atoms with E-state index in [2.05, 4.69) is 19.2 Å². The molecule has 0 aliphatic heterocycles.